The van der Waals surface area contributed by atoms with E-state index in [4.69, 9.17) is 11.6 Å². The highest BCUT2D eigenvalue weighted by atomic mass is 35.5. The van der Waals surface area contributed by atoms with E-state index in [1.54, 1.807) is 0 Å². The second-order valence-corrected chi connectivity index (χ2v) is 5.58. The Balaban J connectivity index is 1.94. The molecule has 0 radical (unpaired) electrons. The Morgan fingerprint density at radius 3 is 2.56 bits per heavy atom. The largest absolute Gasteiger partial charge is 0.300 e. The number of hydrogen-bond donors (Lipinski definition) is 0. The summed E-state index contributed by atoms with van der Waals surface area (Å²) in [6, 6.07) is 8.45. The Kier molecular flexibility index (Phi) is 2.32. The highest BCUT2D eigenvalue weighted by Gasteiger charge is 2.46. The topological polar surface area (TPSA) is 17.1 Å². The van der Waals surface area contributed by atoms with Crippen LogP contribution in [0, 0.1) is 5.41 Å². The van der Waals surface area contributed by atoms with Crippen molar-refractivity contribution < 1.29 is 4.79 Å². The highest BCUT2D eigenvalue weighted by Crippen LogP contribution is 2.56. The zero-order valence-corrected chi connectivity index (χ0v) is 9.96. The molecule has 1 atom stereocenters. The van der Waals surface area contributed by atoms with Gasteiger partial charge in [-0.25, -0.2) is 0 Å². The van der Waals surface area contributed by atoms with Crippen LogP contribution in [-0.2, 0) is 11.2 Å². The summed E-state index contributed by atoms with van der Waals surface area (Å²) in [5, 5.41) is 0.108. The molecule has 1 unspecified atom stereocenters. The minimum Gasteiger partial charge on any atom is -0.300 e. The number of rotatable bonds is 0. The molecule has 1 saturated carbocycles. The van der Waals surface area contributed by atoms with Crippen LogP contribution in [0.1, 0.15) is 42.2 Å². The summed E-state index contributed by atoms with van der Waals surface area (Å²) in [5.41, 5.74) is 2.84. The van der Waals surface area contributed by atoms with E-state index in [1.807, 2.05) is 0 Å². The smallest absolute Gasteiger partial charge is 0.132 e. The molecule has 0 N–H and O–H groups in total. The number of fused-ring (bicyclic) bond motifs is 1. The van der Waals surface area contributed by atoms with Crippen molar-refractivity contribution in [2.75, 3.05) is 0 Å². The number of carbonyl (C=O) groups is 1. The van der Waals surface area contributed by atoms with Gasteiger partial charge in [0.1, 0.15) is 5.78 Å². The van der Waals surface area contributed by atoms with E-state index in [-0.39, 0.29) is 10.8 Å². The number of benzene rings is 1. The number of Topliss-reactive ketones (excluding diaryl/α,β-unsaturated/α-hetero) is 1. The van der Waals surface area contributed by atoms with E-state index in [2.05, 4.69) is 24.3 Å². The van der Waals surface area contributed by atoms with Crippen LogP contribution in [0.5, 0.6) is 0 Å². The van der Waals surface area contributed by atoms with Crippen molar-refractivity contribution >= 4 is 17.4 Å². The fourth-order valence-electron chi connectivity index (χ4n) is 3.20. The number of carbonyl (C=O) groups excluding carboxylic acids is 1. The molecule has 2 heteroatoms. The van der Waals surface area contributed by atoms with Gasteiger partial charge in [0.15, 0.2) is 0 Å². The van der Waals surface area contributed by atoms with Crippen LogP contribution < -0.4 is 0 Å². The van der Waals surface area contributed by atoms with Gasteiger partial charge in [-0.1, -0.05) is 24.3 Å². The summed E-state index contributed by atoms with van der Waals surface area (Å²) in [6.45, 7) is 0. The average molecular weight is 235 g/mol. The summed E-state index contributed by atoms with van der Waals surface area (Å²) in [7, 11) is 0. The minimum absolute atomic E-state index is 0.108. The predicted molar refractivity (Wildman–Crippen MR) is 64.6 cm³/mol. The zero-order chi connectivity index (χ0) is 11.2. The second kappa shape index (κ2) is 3.59. The third-order valence-corrected chi connectivity index (χ3v) is 4.91. The van der Waals surface area contributed by atoms with Gasteiger partial charge in [-0.3, -0.25) is 4.79 Å². The molecule has 0 heterocycles. The summed E-state index contributed by atoms with van der Waals surface area (Å²) < 4.78 is 0. The van der Waals surface area contributed by atoms with Crippen LogP contribution in [0.2, 0.25) is 0 Å². The van der Waals surface area contributed by atoms with Crippen molar-refractivity contribution in [3.8, 4) is 0 Å². The third-order valence-electron chi connectivity index (χ3n) is 4.21. The highest BCUT2D eigenvalue weighted by molar-refractivity contribution is 6.21. The Hall–Kier alpha value is -0.820. The molecule has 1 spiro atoms. The lowest BCUT2D eigenvalue weighted by Crippen LogP contribution is -2.29. The number of hydrogen-bond acceptors (Lipinski definition) is 1. The number of ketones is 1. The van der Waals surface area contributed by atoms with Crippen LogP contribution in [0.3, 0.4) is 0 Å². The van der Waals surface area contributed by atoms with E-state index < -0.39 is 0 Å². The molecule has 0 bridgehead atoms. The van der Waals surface area contributed by atoms with Crippen molar-refractivity contribution in [2.45, 2.75) is 37.5 Å². The average Bonchev–Trinajstić information content (AvgIpc) is 2.58. The zero-order valence-electron chi connectivity index (χ0n) is 9.21. The van der Waals surface area contributed by atoms with E-state index in [1.165, 1.54) is 11.1 Å². The van der Waals surface area contributed by atoms with Crippen molar-refractivity contribution in [1.29, 1.82) is 0 Å². The summed E-state index contributed by atoms with van der Waals surface area (Å²) in [4.78, 5) is 11.3. The van der Waals surface area contributed by atoms with Crippen molar-refractivity contribution in [1.82, 2.24) is 0 Å². The summed E-state index contributed by atoms with van der Waals surface area (Å²) >= 11 is 6.61. The maximum Gasteiger partial charge on any atom is 0.132 e. The molecule has 1 aromatic carbocycles. The minimum atomic E-state index is 0.108. The maximum atomic E-state index is 11.3. The first-order valence-electron chi connectivity index (χ1n) is 5.95. The van der Waals surface area contributed by atoms with E-state index >= 15 is 0 Å². The molecule has 0 saturated heterocycles. The lowest BCUT2D eigenvalue weighted by Gasteiger charge is -2.35. The van der Waals surface area contributed by atoms with E-state index in [9.17, 15) is 4.79 Å². The van der Waals surface area contributed by atoms with Gasteiger partial charge in [0.05, 0.1) is 5.38 Å². The van der Waals surface area contributed by atoms with Crippen molar-refractivity contribution in [3.05, 3.63) is 35.4 Å². The first-order valence-corrected chi connectivity index (χ1v) is 6.38. The van der Waals surface area contributed by atoms with Gasteiger partial charge >= 0.3 is 0 Å². The molecular formula is C14H15ClO. The normalized spacial score (nSPS) is 27.1. The molecule has 1 aromatic rings. The fourth-order valence-corrected chi connectivity index (χ4v) is 3.71. The summed E-state index contributed by atoms with van der Waals surface area (Å²) in [6.07, 6.45) is 4.43. The van der Waals surface area contributed by atoms with E-state index in [0.717, 1.165) is 32.1 Å². The van der Waals surface area contributed by atoms with Gasteiger partial charge in [0.25, 0.3) is 0 Å². The van der Waals surface area contributed by atoms with E-state index in [0.29, 0.717) is 5.78 Å². The number of halogens is 1. The molecule has 84 valence electrons. The predicted octanol–water partition coefficient (Wildman–Crippen LogP) is 3.65. The molecule has 1 fully saturated rings. The van der Waals surface area contributed by atoms with Gasteiger partial charge in [0.2, 0.25) is 0 Å². The lowest BCUT2D eigenvalue weighted by molar-refractivity contribution is -0.122. The molecule has 0 aliphatic heterocycles. The van der Waals surface area contributed by atoms with Crippen molar-refractivity contribution in [3.63, 3.8) is 0 Å². The Morgan fingerprint density at radius 1 is 1.19 bits per heavy atom. The molecule has 2 aliphatic carbocycles. The summed E-state index contributed by atoms with van der Waals surface area (Å²) in [5.74, 6) is 0.408. The second-order valence-electron chi connectivity index (χ2n) is 5.14. The Labute approximate surface area is 101 Å². The molecule has 2 aliphatic rings. The molecular weight excluding hydrogens is 220 g/mol. The number of alkyl halides is 1. The third kappa shape index (κ3) is 1.41. The fraction of sp³-hybridized carbons (Fsp3) is 0.500. The Bertz CT molecular complexity index is 428. The molecule has 0 amide bonds. The molecule has 0 aromatic heterocycles. The van der Waals surface area contributed by atoms with Gasteiger partial charge < -0.3 is 0 Å². The first-order chi connectivity index (χ1) is 7.71. The molecule has 16 heavy (non-hydrogen) atoms. The van der Waals surface area contributed by atoms with Crippen LogP contribution in [0.25, 0.3) is 0 Å². The van der Waals surface area contributed by atoms with Crippen LogP contribution in [0.4, 0.5) is 0 Å². The first kappa shape index (κ1) is 10.3. The van der Waals surface area contributed by atoms with Crippen LogP contribution >= 0.6 is 11.6 Å². The quantitative estimate of drug-likeness (QED) is 0.627. The Morgan fingerprint density at radius 2 is 1.88 bits per heavy atom. The molecule has 1 nitrogen and oxygen atoms in total. The standard InChI is InChI=1S/C14H15ClO/c15-13-12-4-2-1-3-10(12)9-14(13)7-5-11(16)6-8-14/h1-4,13H,5-9H2. The SMILES string of the molecule is O=C1CCC2(CC1)Cc1ccccc1C2Cl. The monoisotopic (exact) mass is 234 g/mol. The van der Waals surface area contributed by atoms with Gasteiger partial charge in [-0.15, -0.1) is 11.6 Å². The van der Waals surface area contributed by atoms with Gasteiger partial charge in [-0.05, 0) is 35.8 Å². The van der Waals surface area contributed by atoms with Gasteiger partial charge in [0, 0.05) is 12.8 Å². The molecule has 3 rings (SSSR count). The van der Waals surface area contributed by atoms with Crippen LogP contribution in [-0.4, -0.2) is 5.78 Å². The van der Waals surface area contributed by atoms with Crippen molar-refractivity contribution in [2.24, 2.45) is 5.41 Å². The van der Waals surface area contributed by atoms with Gasteiger partial charge in [-0.2, -0.15) is 0 Å². The van der Waals surface area contributed by atoms with Crippen LogP contribution in [0.15, 0.2) is 24.3 Å². The lowest BCUT2D eigenvalue weighted by atomic mass is 9.71. The maximum absolute atomic E-state index is 11.3.